The lowest BCUT2D eigenvalue weighted by Gasteiger charge is -2.07. The van der Waals surface area contributed by atoms with Crippen molar-refractivity contribution in [3.05, 3.63) is 42.1 Å². The van der Waals surface area contributed by atoms with E-state index < -0.39 is 12.0 Å². The van der Waals surface area contributed by atoms with E-state index in [1.165, 1.54) is 0 Å². The van der Waals surface area contributed by atoms with Crippen LogP contribution in [0.3, 0.4) is 0 Å². The van der Waals surface area contributed by atoms with Crippen molar-refractivity contribution in [2.75, 3.05) is 0 Å². The van der Waals surface area contributed by atoms with Gasteiger partial charge in [0.05, 0.1) is 5.52 Å². The van der Waals surface area contributed by atoms with E-state index in [0.29, 0.717) is 5.56 Å². The van der Waals surface area contributed by atoms with Crippen LogP contribution in [-0.4, -0.2) is 16.1 Å². The molecule has 0 unspecified atom stereocenters. The minimum atomic E-state index is -1.03. The van der Waals surface area contributed by atoms with Gasteiger partial charge in [0.2, 0.25) is 0 Å². The average Bonchev–Trinajstić information content (AvgIpc) is 2.27. The SMILES string of the molecule is N[C@@H](C(=O)O)c1ccc2ncccc2c1. The van der Waals surface area contributed by atoms with Crippen LogP contribution in [0.4, 0.5) is 0 Å². The number of hydrogen-bond donors (Lipinski definition) is 2. The highest BCUT2D eigenvalue weighted by Crippen LogP contribution is 2.17. The minimum absolute atomic E-state index is 0.586. The predicted molar refractivity (Wildman–Crippen MR) is 56.3 cm³/mol. The highest BCUT2D eigenvalue weighted by Gasteiger charge is 2.13. The number of pyridine rings is 1. The quantitative estimate of drug-likeness (QED) is 0.770. The number of carboxylic acid groups (broad SMARTS) is 1. The van der Waals surface area contributed by atoms with E-state index >= 15 is 0 Å². The minimum Gasteiger partial charge on any atom is -0.480 e. The average molecular weight is 202 g/mol. The molecule has 1 heterocycles. The number of fused-ring (bicyclic) bond motifs is 1. The molecule has 15 heavy (non-hydrogen) atoms. The maximum atomic E-state index is 10.7. The van der Waals surface area contributed by atoms with Gasteiger partial charge in [-0.3, -0.25) is 9.78 Å². The van der Waals surface area contributed by atoms with E-state index in [1.807, 2.05) is 6.07 Å². The number of rotatable bonds is 2. The van der Waals surface area contributed by atoms with Crippen molar-refractivity contribution in [1.82, 2.24) is 4.98 Å². The molecular weight excluding hydrogens is 192 g/mol. The third-order valence-electron chi connectivity index (χ3n) is 2.25. The highest BCUT2D eigenvalue weighted by molar-refractivity contribution is 5.82. The number of carboxylic acids is 1. The Morgan fingerprint density at radius 2 is 2.20 bits per heavy atom. The molecular formula is C11H10N2O2. The lowest BCUT2D eigenvalue weighted by atomic mass is 10.1. The fourth-order valence-electron chi connectivity index (χ4n) is 1.43. The molecule has 3 N–H and O–H groups in total. The summed E-state index contributed by atoms with van der Waals surface area (Å²) in [4.78, 5) is 14.8. The molecule has 0 amide bonds. The van der Waals surface area contributed by atoms with Crippen LogP contribution >= 0.6 is 0 Å². The summed E-state index contributed by atoms with van der Waals surface area (Å²) < 4.78 is 0. The number of aliphatic carboxylic acids is 1. The molecule has 1 atom stereocenters. The van der Waals surface area contributed by atoms with Crippen molar-refractivity contribution < 1.29 is 9.90 Å². The largest absolute Gasteiger partial charge is 0.480 e. The molecule has 0 saturated heterocycles. The van der Waals surface area contributed by atoms with Gasteiger partial charge in [-0.2, -0.15) is 0 Å². The van der Waals surface area contributed by atoms with Crippen LogP contribution in [0.2, 0.25) is 0 Å². The summed E-state index contributed by atoms with van der Waals surface area (Å²) in [6.45, 7) is 0. The summed E-state index contributed by atoms with van der Waals surface area (Å²) in [5.41, 5.74) is 6.93. The van der Waals surface area contributed by atoms with Gasteiger partial charge in [0.15, 0.2) is 0 Å². The number of hydrogen-bond acceptors (Lipinski definition) is 3. The second kappa shape index (κ2) is 3.67. The van der Waals surface area contributed by atoms with Crippen LogP contribution in [-0.2, 0) is 4.79 Å². The Bertz CT molecular complexity index is 511. The van der Waals surface area contributed by atoms with Gasteiger partial charge in [-0.15, -0.1) is 0 Å². The van der Waals surface area contributed by atoms with Crippen LogP contribution in [0, 0.1) is 0 Å². The van der Waals surface area contributed by atoms with Gasteiger partial charge in [-0.25, -0.2) is 0 Å². The molecule has 0 fully saturated rings. The second-order valence-electron chi connectivity index (χ2n) is 3.27. The van der Waals surface area contributed by atoms with Crippen LogP contribution < -0.4 is 5.73 Å². The molecule has 0 saturated carbocycles. The Labute approximate surface area is 86.4 Å². The Balaban J connectivity index is 2.51. The molecule has 2 aromatic rings. The molecule has 0 spiro atoms. The van der Waals surface area contributed by atoms with Crippen LogP contribution in [0.25, 0.3) is 10.9 Å². The number of carbonyl (C=O) groups is 1. The molecule has 0 bridgehead atoms. The summed E-state index contributed by atoms with van der Waals surface area (Å²) in [6, 6.07) is 7.91. The molecule has 2 rings (SSSR count). The van der Waals surface area contributed by atoms with Gasteiger partial charge in [-0.05, 0) is 23.8 Å². The normalized spacial score (nSPS) is 12.6. The lowest BCUT2D eigenvalue weighted by Crippen LogP contribution is -2.20. The molecule has 76 valence electrons. The predicted octanol–water partition coefficient (Wildman–Crippen LogP) is 1.32. The maximum Gasteiger partial charge on any atom is 0.325 e. The van der Waals surface area contributed by atoms with E-state index in [2.05, 4.69) is 4.98 Å². The first-order chi connectivity index (χ1) is 7.18. The summed E-state index contributed by atoms with van der Waals surface area (Å²) >= 11 is 0. The Morgan fingerprint density at radius 3 is 2.93 bits per heavy atom. The molecule has 0 aliphatic heterocycles. The summed E-state index contributed by atoms with van der Waals surface area (Å²) in [7, 11) is 0. The fourth-order valence-corrected chi connectivity index (χ4v) is 1.43. The first kappa shape index (κ1) is 9.61. The van der Waals surface area contributed by atoms with Crippen molar-refractivity contribution in [3.8, 4) is 0 Å². The smallest absolute Gasteiger partial charge is 0.325 e. The number of aromatic nitrogens is 1. The Morgan fingerprint density at radius 1 is 1.40 bits per heavy atom. The van der Waals surface area contributed by atoms with Crippen LogP contribution in [0.1, 0.15) is 11.6 Å². The van der Waals surface area contributed by atoms with Gasteiger partial charge in [-0.1, -0.05) is 12.1 Å². The zero-order valence-electron chi connectivity index (χ0n) is 7.92. The fraction of sp³-hybridized carbons (Fsp3) is 0.0909. The number of nitrogens with zero attached hydrogens (tertiary/aromatic N) is 1. The van der Waals surface area contributed by atoms with Crippen molar-refractivity contribution >= 4 is 16.9 Å². The van der Waals surface area contributed by atoms with Gasteiger partial charge in [0.1, 0.15) is 6.04 Å². The van der Waals surface area contributed by atoms with Gasteiger partial charge in [0.25, 0.3) is 0 Å². The zero-order valence-corrected chi connectivity index (χ0v) is 7.92. The molecule has 0 aliphatic rings. The Hall–Kier alpha value is -1.94. The zero-order chi connectivity index (χ0) is 10.8. The monoisotopic (exact) mass is 202 g/mol. The first-order valence-corrected chi connectivity index (χ1v) is 4.51. The van der Waals surface area contributed by atoms with Gasteiger partial charge in [0, 0.05) is 11.6 Å². The van der Waals surface area contributed by atoms with Gasteiger partial charge >= 0.3 is 5.97 Å². The highest BCUT2D eigenvalue weighted by atomic mass is 16.4. The van der Waals surface area contributed by atoms with Gasteiger partial charge < -0.3 is 10.8 Å². The molecule has 1 aromatic heterocycles. The van der Waals surface area contributed by atoms with E-state index in [4.69, 9.17) is 10.8 Å². The summed E-state index contributed by atoms with van der Waals surface area (Å²) in [5.74, 6) is -1.03. The molecule has 0 radical (unpaired) electrons. The third kappa shape index (κ3) is 1.80. The molecule has 4 nitrogen and oxygen atoms in total. The summed E-state index contributed by atoms with van der Waals surface area (Å²) in [5, 5.41) is 9.66. The third-order valence-corrected chi connectivity index (χ3v) is 2.25. The van der Waals surface area contributed by atoms with Crippen molar-refractivity contribution in [2.45, 2.75) is 6.04 Å². The maximum absolute atomic E-state index is 10.7. The van der Waals surface area contributed by atoms with Crippen molar-refractivity contribution in [2.24, 2.45) is 5.73 Å². The topological polar surface area (TPSA) is 76.2 Å². The van der Waals surface area contributed by atoms with E-state index in [-0.39, 0.29) is 0 Å². The molecule has 4 heteroatoms. The molecule has 1 aromatic carbocycles. The number of nitrogens with two attached hydrogens (primary N) is 1. The summed E-state index contributed by atoms with van der Waals surface area (Å²) in [6.07, 6.45) is 1.69. The van der Waals surface area contributed by atoms with E-state index in [9.17, 15) is 4.79 Å². The first-order valence-electron chi connectivity index (χ1n) is 4.51. The van der Waals surface area contributed by atoms with E-state index in [1.54, 1.807) is 30.5 Å². The van der Waals surface area contributed by atoms with Crippen LogP contribution in [0.15, 0.2) is 36.5 Å². The standard InChI is InChI=1S/C11H10N2O2/c12-10(11(14)15)8-3-4-9-7(6-8)2-1-5-13-9/h1-6,10H,12H2,(H,14,15)/t10-/m1/s1. The van der Waals surface area contributed by atoms with Crippen LogP contribution in [0.5, 0.6) is 0 Å². The van der Waals surface area contributed by atoms with Crippen molar-refractivity contribution in [1.29, 1.82) is 0 Å². The number of benzene rings is 1. The molecule has 0 aliphatic carbocycles. The second-order valence-corrected chi connectivity index (χ2v) is 3.27. The van der Waals surface area contributed by atoms with Crippen molar-refractivity contribution in [3.63, 3.8) is 0 Å². The lowest BCUT2D eigenvalue weighted by molar-refractivity contribution is -0.138. The Kier molecular flexibility index (Phi) is 2.35. The van der Waals surface area contributed by atoms with E-state index in [0.717, 1.165) is 10.9 Å².